The van der Waals surface area contributed by atoms with Crippen LogP contribution in [0, 0.1) is 13.8 Å². The van der Waals surface area contributed by atoms with Crippen LogP contribution in [0.4, 0.5) is 0 Å². The summed E-state index contributed by atoms with van der Waals surface area (Å²) in [5.74, 6) is 1.77. The Balaban J connectivity index is 1.37. The molecule has 34 heavy (non-hydrogen) atoms. The second-order valence-corrected chi connectivity index (χ2v) is 9.32. The molecule has 4 nitrogen and oxygen atoms in total. The monoisotopic (exact) mass is 451 g/mol. The van der Waals surface area contributed by atoms with E-state index in [0.717, 1.165) is 52.8 Å². The molecule has 4 aromatic rings. The summed E-state index contributed by atoms with van der Waals surface area (Å²) in [6, 6.07) is 25.4. The first-order valence-electron chi connectivity index (χ1n) is 12.4. The third kappa shape index (κ3) is 5.23. The molecule has 0 atom stereocenters. The van der Waals surface area contributed by atoms with Crippen LogP contribution < -0.4 is 4.74 Å². The standard InChI is InChI=1S/C30H33N3O/c1-22-6-10-24(11-7-22)28-29(25-12-8-23(2)9-13-25)32-30(31-28)26-14-16-27(17-15-26)34-21-20-33-18-4-3-5-19-33/h6-17H,3-5,18-21H2,1-2H3,(H,31,32). The molecule has 0 spiro atoms. The normalized spacial score (nSPS) is 14.3. The summed E-state index contributed by atoms with van der Waals surface area (Å²) in [6.07, 6.45) is 3.99. The molecular formula is C30H33N3O. The Bertz CT molecular complexity index is 1140. The Morgan fingerprint density at radius 1 is 0.735 bits per heavy atom. The molecule has 0 saturated carbocycles. The highest BCUT2D eigenvalue weighted by atomic mass is 16.5. The number of nitrogens with one attached hydrogen (secondary N) is 1. The number of aryl methyl sites for hydroxylation is 2. The van der Waals surface area contributed by atoms with Crippen molar-refractivity contribution in [2.24, 2.45) is 0 Å². The van der Waals surface area contributed by atoms with Crippen LogP contribution in [-0.2, 0) is 0 Å². The zero-order chi connectivity index (χ0) is 23.3. The van der Waals surface area contributed by atoms with Gasteiger partial charge in [-0.05, 0) is 64.0 Å². The maximum absolute atomic E-state index is 6.02. The van der Waals surface area contributed by atoms with E-state index in [4.69, 9.17) is 9.72 Å². The minimum Gasteiger partial charge on any atom is -0.492 e. The molecule has 174 valence electrons. The van der Waals surface area contributed by atoms with Crippen LogP contribution in [0.2, 0.25) is 0 Å². The Kier molecular flexibility index (Phi) is 6.77. The van der Waals surface area contributed by atoms with Gasteiger partial charge in [0.1, 0.15) is 18.2 Å². The SMILES string of the molecule is Cc1ccc(-c2nc(-c3ccc(OCCN4CCCCC4)cc3)[nH]c2-c2ccc(C)cc2)cc1. The Morgan fingerprint density at radius 2 is 1.32 bits per heavy atom. The summed E-state index contributed by atoms with van der Waals surface area (Å²) in [4.78, 5) is 11.1. The molecule has 3 aromatic carbocycles. The zero-order valence-electron chi connectivity index (χ0n) is 20.2. The topological polar surface area (TPSA) is 41.1 Å². The molecule has 2 heterocycles. The van der Waals surface area contributed by atoms with E-state index in [2.05, 4.69) is 84.4 Å². The van der Waals surface area contributed by atoms with E-state index >= 15 is 0 Å². The molecule has 1 aliphatic rings. The molecule has 4 heteroatoms. The van der Waals surface area contributed by atoms with Gasteiger partial charge < -0.3 is 9.72 Å². The lowest BCUT2D eigenvalue weighted by Gasteiger charge is -2.26. The number of likely N-dealkylation sites (tertiary alicyclic amines) is 1. The first-order valence-corrected chi connectivity index (χ1v) is 12.4. The van der Waals surface area contributed by atoms with Crippen LogP contribution in [0.25, 0.3) is 33.9 Å². The number of aromatic nitrogens is 2. The molecule has 5 rings (SSSR count). The number of nitrogens with zero attached hydrogens (tertiary/aromatic N) is 2. The van der Waals surface area contributed by atoms with Gasteiger partial charge in [-0.3, -0.25) is 4.90 Å². The highest BCUT2D eigenvalue weighted by Gasteiger charge is 2.16. The Hall–Kier alpha value is -3.37. The number of aromatic amines is 1. The minimum absolute atomic E-state index is 0.731. The molecule has 0 aliphatic carbocycles. The lowest BCUT2D eigenvalue weighted by Crippen LogP contribution is -2.33. The molecule has 1 N–H and O–H groups in total. The minimum atomic E-state index is 0.731. The first kappa shape index (κ1) is 22.4. The molecule has 1 aromatic heterocycles. The van der Waals surface area contributed by atoms with Crippen molar-refractivity contribution in [3.63, 3.8) is 0 Å². The first-order chi connectivity index (χ1) is 16.7. The second kappa shape index (κ2) is 10.3. The van der Waals surface area contributed by atoms with E-state index in [1.165, 1.54) is 43.5 Å². The molecule has 1 saturated heterocycles. The Labute approximate surface area is 202 Å². The van der Waals surface area contributed by atoms with Crippen LogP contribution in [0.5, 0.6) is 5.75 Å². The summed E-state index contributed by atoms with van der Waals surface area (Å²) < 4.78 is 6.02. The maximum Gasteiger partial charge on any atom is 0.138 e. The Morgan fingerprint density at radius 3 is 1.97 bits per heavy atom. The molecule has 0 unspecified atom stereocenters. The lowest BCUT2D eigenvalue weighted by atomic mass is 10.0. The maximum atomic E-state index is 6.02. The van der Waals surface area contributed by atoms with E-state index in [9.17, 15) is 0 Å². The van der Waals surface area contributed by atoms with Gasteiger partial charge in [0.05, 0.1) is 11.4 Å². The van der Waals surface area contributed by atoms with Gasteiger partial charge in [-0.25, -0.2) is 4.98 Å². The largest absolute Gasteiger partial charge is 0.492 e. The van der Waals surface area contributed by atoms with Crippen LogP contribution in [0.1, 0.15) is 30.4 Å². The van der Waals surface area contributed by atoms with Crippen LogP contribution in [0.3, 0.4) is 0 Å². The zero-order valence-corrected chi connectivity index (χ0v) is 20.2. The van der Waals surface area contributed by atoms with Gasteiger partial charge in [-0.2, -0.15) is 0 Å². The molecular weight excluding hydrogens is 418 g/mol. The van der Waals surface area contributed by atoms with Gasteiger partial charge in [0.25, 0.3) is 0 Å². The van der Waals surface area contributed by atoms with Gasteiger partial charge >= 0.3 is 0 Å². The van der Waals surface area contributed by atoms with Gasteiger partial charge in [0, 0.05) is 23.2 Å². The predicted molar refractivity (Wildman–Crippen MR) is 140 cm³/mol. The second-order valence-electron chi connectivity index (χ2n) is 9.32. The summed E-state index contributed by atoms with van der Waals surface area (Å²) in [5.41, 5.74) is 7.80. The fourth-order valence-electron chi connectivity index (χ4n) is 4.54. The fourth-order valence-corrected chi connectivity index (χ4v) is 4.54. The van der Waals surface area contributed by atoms with Crippen molar-refractivity contribution in [3.8, 4) is 39.7 Å². The molecule has 1 fully saturated rings. The number of imidazole rings is 1. The number of hydrogen-bond acceptors (Lipinski definition) is 3. The van der Waals surface area contributed by atoms with E-state index in [1.54, 1.807) is 0 Å². The highest BCUT2D eigenvalue weighted by Crippen LogP contribution is 2.33. The van der Waals surface area contributed by atoms with Gasteiger partial charge in [-0.15, -0.1) is 0 Å². The number of hydrogen-bond donors (Lipinski definition) is 1. The van der Waals surface area contributed by atoms with Crippen molar-refractivity contribution in [2.75, 3.05) is 26.2 Å². The third-order valence-corrected chi connectivity index (χ3v) is 6.62. The van der Waals surface area contributed by atoms with Crippen molar-refractivity contribution >= 4 is 0 Å². The van der Waals surface area contributed by atoms with E-state index in [1.807, 2.05) is 12.1 Å². The smallest absolute Gasteiger partial charge is 0.138 e. The average Bonchev–Trinajstić information content (AvgIpc) is 3.31. The van der Waals surface area contributed by atoms with Crippen molar-refractivity contribution in [1.29, 1.82) is 0 Å². The fraction of sp³-hybridized carbons (Fsp3) is 0.300. The quantitative estimate of drug-likeness (QED) is 0.332. The van der Waals surface area contributed by atoms with Crippen molar-refractivity contribution in [2.45, 2.75) is 33.1 Å². The van der Waals surface area contributed by atoms with Crippen LogP contribution in [-0.4, -0.2) is 41.1 Å². The molecule has 0 bridgehead atoms. The van der Waals surface area contributed by atoms with E-state index < -0.39 is 0 Å². The van der Waals surface area contributed by atoms with Crippen molar-refractivity contribution < 1.29 is 4.74 Å². The van der Waals surface area contributed by atoms with Crippen molar-refractivity contribution in [1.82, 2.24) is 14.9 Å². The van der Waals surface area contributed by atoms with Gasteiger partial charge in [-0.1, -0.05) is 66.1 Å². The summed E-state index contributed by atoms with van der Waals surface area (Å²) in [5, 5.41) is 0. The van der Waals surface area contributed by atoms with Crippen LogP contribution >= 0.6 is 0 Å². The number of piperidine rings is 1. The summed E-state index contributed by atoms with van der Waals surface area (Å²) in [7, 11) is 0. The number of H-pyrrole nitrogens is 1. The number of ether oxygens (including phenoxy) is 1. The van der Waals surface area contributed by atoms with E-state index in [-0.39, 0.29) is 0 Å². The molecule has 1 aliphatic heterocycles. The van der Waals surface area contributed by atoms with Crippen molar-refractivity contribution in [3.05, 3.63) is 83.9 Å². The van der Waals surface area contributed by atoms with Crippen LogP contribution in [0.15, 0.2) is 72.8 Å². The number of benzene rings is 3. The summed E-state index contributed by atoms with van der Waals surface area (Å²) >= 11 is 0. The summed E-state index contributed by atoms with van der Waals surface area (Å²) in [6.45, 7) is 8.35. The average molecular weight is 452 g/mol. The number of rotatable bonds is 7. The third-order valence-electron chi connectivity index (χ3n) is 6.62. The van der Waals surface area contributed by atoms with Gasteiger partial charge in [0.2, 0.25) is 0 Å². The predicted octanol–water partition coefficient (Wildman–Crippen LogP) is 6.89. The van der Waals surface area contributed by atoms with Gasteiger partial charge in [0.15, 0.2) is 0 Å². The molecule has 0 amide bonds. The lowest BCUT2D eigenvalue weighted by molar-refractivity contribution is 0.183. The highest BCUT2D eigenvalue weighted by molar-refractivity contribution is 5.81. The van der Waals surface area contributed by atoms with E-state index in [0.29, 0.717) is 0 Å². The molecule has 0 radical (unpaired) electrons.